The van der Waals surface area contributed by atoms with Crippen molar-refractivity contribution in [3.8, 4) is 0 Å². The Morgan fingerprint density at radius 1 is 2.00 bits per heavy atom. The molecule has 0 atom stereocenters. The molecule has 0 fully saturated rings. The van der Waals surface area contributed by atoms with E-state index < -0.39 is 0 Å². The summed E-state index contributed by atoms with van der Waals surface area (Å²) in [5.41, 5.74) is 0. The average molecular weight is 102 g/mol. The molecule has 0 aromatic carbocycles. The normalized spacial score (nSPS) is 5.25. The maximum Gasteiger partial charge on any atom is 1.00 e. The van der Waals surface area contributed by atoms with Crippen LogP contribution < -0.4 is 51.4 Å². The van der Waals surface area contributed by atoms with Crippen molar-refractivity contribution in [1.29, 1.82) is 0 Å². The molecular formula is CH7KOSi. The van der Waals surface area contributed by atoms with Crippen molar-refractivity contribution in [2.24, 2.45) is 0 Å². The van der Waals surface area contributed by atoms with Gasteiger partial charge in [-0.15, -0.1) is 0 Å². The van der Waals surface area contributed by atoms with Crippen molar-refractivity contribution in [1.82, 2.24) is 0 Å². The summed E-state index contributed by atoms with van der Waals surface area (Å²) in [5.74, 6) is 0. The van der Waals surface area contributed by atoms with E-state index in [0.717, 1.165) is 10.5 Å². The molecule has 0 saturated heterocycles. The number of rotatable bonds is 0. The van der Waals surface area contributed by atoms with Gasteiger partial charge in [0.1, 0.15) is 10.5 Å². The fourth-order valence-electron chi connectivity index (χ4n) is 0. The zero-order valence-corrected chi connectivity index (χ0v) is 8.53. The number of hydrogen-bond acceptors (Lipinski definition) is 1. The van der Waals surface area contributed by atoms with Crippen molar-refractivity contribution < 1.29 is 57.2 Å². The molecule has 0 aliphatic heterocycles. The van der Waals surface area contributed by atoms with Crippen LogP contribution in [0.2, 0.25) is 0 Å². The van der Waals surface area contributed by atoms with Crippen LogP contribution in [0.3, 0.4) is 0 Å². The van der Waals surface area contributed by atoms with Crippen LogP contribution >= 0.6 is 0 Å². The molecule has 0 rings (SSSR count). The first-order chi connectivity index (χ1) is 1.41. The molecule has 0 bridgehead atoms. The molecule has 0 N–H and O–H groups in total. The van der Waals surface area contributed by atoms with E-state index in [2.05, 4.69) is 4.43 Å². The molecule has 22 valence electrons. The summed E-state index contributed by atoms with van der Waals surface area (Å²) < 4.78 is 4.39. The molecule has 1 nitrogen and oxygen atoms in total. The Kier molecular flexibility index (Phi) is 20.5. The second-order valence-electron chi connectivity index (χ2n) is 0.408. The predicted molar refractivity (Wildman–Crippen MR) is 18.1 cm³/mol. The van der Waals surface area contributed by atoms with Gasteiger partial charge >= 0.3 is 51.4 Å². The quantitative estimate of drug-likeness (QED) is 0.284. The maximum absolute atomic E-state index is 4.39. The average Bonchev–Trinajstić information content (AvgIpc) is 0.918. The molecule has 0 saturated carbocycles. The van der Waals surface area contributed by atoms with E-state index in [1.165, 1.54) is 0 Å². The molecule has 0 aromatic heterocycles. The molecule has 0 aromatic rings. The summed E-state index contributed by atoms with van der Waals surface area (Å²) in [6.07, 6.45) is 0. The van der Waals surface area contributed by atoms with Gasteiger partial charge in [0.25, 0.3) is 0 Å². The molecule has 0 unspecified atom stereocenters. The van der Waals surface area contributed by atoms with Gasteiger partial charge in [0.05, 0.1) is 0 Å². The van der Waals surface area contributed by atoms with Gasteiger partial charge in [-0.2, -0.15) is 0 Å². The minimum absolute atomic E-state index is 0. The van der Waals surface area contributed by atoms with Crippen LogP contribution in [0.1, 0.15) is 1.43 Å². The topological polar surface area (TPSA) is 9.23 Å². The van der Waals surface area contributed by atoms with Crippen LogP contribution in [-0.4, -0.2) is 17.6 Å². The SMILES string of the molecule is CO[SiH3].[H-].[K+]. The molecule has 3 heteroatoms. The third-order valence-electron chi connectivity index (χ3n) is 0. The summed E-state index contributed by atoms with van der Waals surface area (Å²) in [5, 5.41) is 0. The number of hydrogen-bond donors (Lipinski definition) is 0. The van der Waals surface area contributed by atoms with Crippen molar-refractivity contribution in [2.45, 2.75) is 0 Å². The van der Waals surface area contributed by atoms with Gasteiger partial charge in [0, 0.05) is 7.11 Å². The minimum Gasteiger partial charge on any atom is -1.00 e. The molecule has 0 spiro atoms. The Hall–Kier alpha value is 1.81. The van der Waals surface area contributed by atoms with Gasteiger partial charge in [-0.1, -0.05) is 0 Å². The van der Waals surface area contributed by atoms with E-state index in [1.54, 1.807) is 7.11 Å². The smallest absolute Gasteiger partial charge is 1.00 e. The first-order valence-electron chi connectivity index (χ1n) is 0.816. The van der Waals surface area contributed by atoms with E-state index in [1.807, 2.05) is 0 Å². The van der Waals surface area contributed by atoms with Crippen molar-refractivity contribution >= 4 is 10.5 Å². The predicted octanol–water partition coefficient (Wildman–Crippen LogP) is -3.97. The van der Waals surface area contributed by atoms with Gasteiger partial charge in [-0.25, -0.2) is 0 Å². The van der Waals surface area contributed by atoms with Gasteiger partial charge in [0.15, 0.2) is 0 Å². The zero-order chi connectivity index (χ0) is 2.71. The molecule has 0 aliphatic carbocycles. The van der Waals surface area contributed by atoms with Gasteiger partial charge in [-0.3, -0.25) is 0 Å². The summed E-state index contributed by atoms with van der Waals surface area (Å²) in [6.45, 7) is 0. The van der Waals surface area contributed by atoms with Crippen LogP contribution in [0.5, 0.6) is 0 Å². The molecule has 0 amide bonds. The Balaban J connectivity index is -0.0000000200. The van der Waals surface area contributed by atoms with E-state index in [0.29, 0.717) is 0 Å². The van der Waals surface area contributed by atoms with Gasteiger partial charge in [0.2, 0.25) is 0 Å². The summed E-state index contributed by atoms with van der Waals surface area (Å²) in [4.78, 5) is 0. The van der Waals surface area contributed by atoms with Crippen molar-refractivity contribution in [2.75, 3.05) is 7.11 Å². The summed E-state index contributed by atoms with van der Waals surface area (Å²) in [6, 6.07) is 0. The molecule has 0 radical (unpaired) electrons. The molecule has 0 heterocycles. The van der Waals surface area contributed by atoms with E-state index in [-0.39, 0.29) is 52.8 Å². The fourth-order valence-corrected chi connectivity index (χ4v) is 0. The zero-order valence-electron chi connectivity index (χ0n) is 4.41. The summed E-state index contributed by atoms with van der Waals surface area (Å²) in [7, 11) is 2.56. The molecular weight excluding hydrogens is 95.2 g/mol. The second kappa shape index (κ2) is 8.84. The third-order valence-corrected chi connectivity index (χ3v) is 0. The van der Waals surface area contributed by atoms with Crippen LogP contribution in [0.25, 0.3) is 0 Å². The van der Waals surface area contributed by atoms with Crippen LogP contribution in [-0.2, 0) is 4.43 Å². The van der Waals surface area contributed by atoms with Gasteiger partial charge in [-0.05, 0) is 0 Å². The van der Waals surface area contributed by atoms with E-state index in [4.69, 9.17) is 0 Å². The third kappa shape index (κ3) is 9.18. The first kappa shape index (κ1) is 9.26. The molecule has 0 aliphatic rings. The Morgan fingerprint density at radius 3 is 2.00 bits per heavy atom. The standard InChI is InChI=1S/CH6OSi.K.H/c1-2-3;;/h1,3H3;;/q;+1;-1. The minimum atomic E-state index is 0. The fraction of sp³-hybridized carbons (Fsp3) is 1.00. The Bertz CT molecular complexity index is 11.6. The van der Waals surface area contributed by atoms with E-state index >= 15 is 0 Å². The summed E-state index contributed by atoms with van der Waals surface area (Å²) >= 11 is 0. The largest absolute Gasteiger partial charge is 1.00 e. The second-order valence-corrected chi connectivity index (χ2v) is 1.22. The monoisotopic (exact) mass is 102 g/mol. The van der Waals surface area contributed by atoms with Crippen molar-refractivity contribution in [3.05, 3.63) is 0 Å². The van der Waals surface area contributed by atoms with E-state index in [9.17, 15) is 0 Å². The van der Waals surface area contributed by atoms with Crippen LogP contribution in [0.4, 0.5) is 0 Å². The van der Waals surface area contributed by atoms with Gasteiger partial charge < -0.3 is 5.85 Å². The first-order valence-corrected chi connectivity index (χ1v) is 1.63. The van der Waals surface area contributed by atoms with Crippen LogP contribution in [0.15, 0.2) is 0 Å². The Labute approximate surface area is 73.6 Å². The maximum atomic E-state index is 4.39. The van der Waals surface area contributed by atoms with Crippen LogP contribution in [0, 0.1) is 0 Å². The Morgan fingerprint density at radius 2 is 2.00 bits per heavy atom. The van der Waals surface area contributed by atoms with Crippen molar-refractivity contribution in [3.63, 3.8) is 0 Å². The molecule has 4 heavy (non-hydrogen) atoms.